The monoisotopic (exact) mass is 298 g/mol. The highest BCUT2D eigenvalue weighted by Crippen LogP contribution is 2.27. The Balaban J connectivity index is 1.75. The second-order valence-electron chi connectivity index (χ2n) is 5.00. The van der Waals surface area contributed by atoms with Crippen LogP contribution >= 0.6 is 12.2 Å². The van der Waals surface area contributed by atoms with Crippen LogP contribution in [0.4, 0.5) is 0 Å². The zero-order valence-electron chi connectivity index (χ0n) is 11.8. The number of nitrogens with zero attached hydrogens (tertiary/aromatic N) is 2. The number of H-pyrrole nitrogens is 1. The minimum Gasteiger partial charge on any atom is -0.359 e. The Kier molecular flexibility index (Phi) is 4.01. The number of aromatic amines is 1. The van der Waals surface area contributed by atoms with E-state index in [9.17, 15) is 0 Å². The third kappa shape index (κ3) is 2.83. The fourth-order valence-electron chi connectivity index (χ4n) is 2.57. The number of thiocarbonyl (C=S) groups is 1. The van der Waals surface area contributed by atoms with Gasteiger partial charge in [0, 0.05) is 37.6 Å². The minimum absolute atomic E-state index is 0.707. The number of fused-ring (bicyclic) bond motifs is 1. The maximum atomic E-state index is 5.37. The van der Waals surface area contributed by atoms with Crippen molar-refractivity contribution in [3.63, 3.8) is 0 Å². The highest BCUT2D eigenvalue weighted by atomic mass is 32.1. The van der Waals surface area contributed by atoms with Gasteiger partial charge >= 0.3 is 0 Å². The second-order valence-corrected chi connectivity index (χ2v) is 5.39. The molecular formula is C16H18N4S. The SMILES string of the molecule is C=CCNC(=S)N1CC=C(c2c[nH]c3cccnc23)CC1. The predicted molar refractivity (Wildman–Crippen MR) is 91.1 cm³/mol. The van der Waals surface area contributed by atoms with E-state index in [4.69, 9.17) is 12.2 Å². The van der Waals surface area contributed by atoms with Crippen molar-refractivity contribution in [2.75, 3.05) is 19.6 Å². The number of rotatable bonds is 3. The molecule has 0 saturated heterocycles. The van der Waals surface area contributed by atoms with Gasteiger partial charge in [-0.1, -0.05) is 12.2 Å². The minimum atomic E-state index is 0.707. The lowest BCUT2D eigenvalue weighted by atomic mass is 10.0. The molecule has 0 aromatic carbocycles. The summed E-state index contributed by atoms with van der Waals surface area (Å²) in [6.07, 6.45) is 8.91. The molecule has 0 amide bonds. The lowest BCUT2D eigenvalue weighted by molar-refractivity contribution is 0.453. The first-order valence-electron chi connectivity index (χ1n) is 7.05. The molecule has 108 valence electrons. The van der Waals surface area contributed by atoms with Gasteiger partial charge in [-0.2, -0.15) is 0 Å². The van der Waals surface area contributed by atoms with Crippen LogP contribution in [0, 0.1) is 0 Å². The van der Waals surface area contributed by atoms with E-state index in [-0.39, 0.29) is 0 Å². The van der Waals surface area contributed by atoms with Gasteiger partial charge < -0.3 is 15.2 Å². The Labute approximate surface area is 129 Å². The van der Waals surface area contributed by atoms with Crippen LogP contribution < -0.4 is 5.32 Å². The third-order valence-corrected chi connectivity index (χ3v) is 4.08. The zero-order valence-corrected chi connectivity index (χ0v) is 12.6. The average Bonchev–Trinajstić information content (AvgIpc) is 2.97. The lowest BCUT2D eigenvalue weighted by Crippen LogP contribution is -2.41. The summed E-state index contributed by atoms with van der Waals surface area (Å²) in [5.41, 5.74) is 4.67. The molecule has 0 bridgehead atoms. The highest BCUT2D eigenvalue weighted by Gasteiger charge is 2.17. The van der Waals surface area contributed by atoms with E-state index < -0.39 is 0 Å². The van der Waals surface area contributed by atoms with Crippen LogP contribution in [0.15, 0.2) is 43.3 Å². The molecule has 0 saturated carbocycles. The Morgan fingerprint density at radius 3 is 3.24 bits per heavy atom. The summed E-state index contributed by atoms with van der Waals surface area (Å²) in [6.45, 7) is 6.15. The number of nitrogens with one attached hydrogen (secondary N) is 2. The maximum absolute atomic E-state index is 5.37. The van der Waals surface area contributed by atoms with Crippen LogP contribution in [0.2, 0.25) is 0 Å². The van der Waals surface area contributed by atoms with E-state index in [0.717, 1.165) is 35.7 Å². The average molecular weight is 298 g/mol. The van der Waals surface area contributed by atoms with E-state index in [2.05, 4.69) is 38.9 Å². The molecule has 3 rings (SSSR count). The number of hydrogen-bond donors (Lipinski definition) is 2. The molecule has 0 atom stereocenters. The van der Waals surface area contributed by atoms with Gasteiger partial charge in [-0.3, -0.25) is 4.98 Å². The topological polar surface area (TPSA) is 44.0 Å². The van der Waals surface area contributed by atoms with E-state index in [1.54, 1.807) is 0 Å². The molecule has 1 aliphatic rings. The van der Waals surface area contributed by atoms with E-state index in [1.165, 1.54) is 11.1 Å². The van der Waals surface area contributed by atoms with Crippen molar-refractivity contribution in [3.05, 3.63) is 48.8 Å². The normalized spacial score (nSPS) is 14.9. The fraction of sp³-hybridized carbons (Fsp3) is 0.250. The highest BCUT2D eigenvalue weighted by molar-refractivity contribution is 7.80. The quantitative estimate of drug-likeness (QED) is 0.675. The molecule has 2 N–H and O–H groups in total. The fourth-order valence-corrected chi connectivity index (χ4v) is 2.82. The molecule has 2 aromatic heterocycles. The van der Waals surface area contributed by atoms with Crippen molar-refractivity contribution in [2.24, 2.45) is 0 Å². The van der Waals surface area contributed by atoms with Gasteiger partial charge in [-0.15, -0.1) is 6.58 Å². The standard InChI is InChI=1S/C16H18N4S/c1-2-7-18-16(21)20-9-5-12(6-10-20)13-11-19-14-4-3-8-17-15(13)14/h2-5,8,11,19H,1,6-7,9-10H2,(H,18,21). The van der Waals surface area contributed by atoms with Crippen LogP contribution in [0.5, 0.6) is 0 Å². The Morgan fingerprint density at radius 1 is 1.57 bits per heavy atom. The molecular weight excluding hydrogens is 280 g/mol. The van der Waals surface area contributed by atoms with Crippen LogP contribution in [0.3, 0.4) is 0 Å². The smallest absolute Gasteiger partial charge is 0.169 e. The van der Waals surface area contributed by atoms with Crippen LogP contribution in [0.1, 0.15) is 12.0 Å². The molecule has 4 nitrogen and oxygen atoms in total. The summed E-state index contributed by atoms with van der Waals surface area (Å²) in [5, 5.41) is 3.97. The number of hydrogen-bond acceptors (Lipinski definition) is 2. The summed E-state index contributed by atoms with van der Waals surface area (Å²) in [6, 6.07) is 4.00. The van der Waals surface area contributed by atoms with Gasteiger partial charge in [0.2, 0.25) is 0 Å². The Morgan fingerprint density at radius 2 is 2.48 bits per heavy atom. The van der Waals surface area contributed by atoms with Crippen molar-refractivity contribution >= 4 is 33.9 Å². The van der Waals surface area contributed by atoms with Crippen LogP contribution in [-0.4, -0.2) is 39.6 Å². The van der Waals surface area contributed by atoms with Crippen molar-refractivity contribution in [3.8, 4) is 0 Å². The molecule has 0 unspecified atom stereocenters. The zero-order chi connectivity index (χ0) is 14.7. The van der Waals surface area contributed by atoms with Gasteiger partial charge in [0.15, 0.2) is 5.11 Å². The van der Waals surface area contributed by atoms with Crippen molar-refractivity contribution in [1.82, 2.24) is 20.2 Å². The number of aromatic nitrogens is 2. The summed E-state index contributed by atoms with van der Waals surface area (Å²) < 4.78 is 0. The lowest BCUT2D eigenvalue weighted by Gasteiger charge is -2.28. The summed E-state index contributed by atoms with van der Waals surface area (Å²) in [5.74, 6) is 0. The number of pyridine rings is 1. The molecule has 0 radical (unpaired) electrons. The largest absolute Gasteiger partial charge is 0.359 e. The molecule has 0 aliphatic carbocycles. The molecule has 5 heteroatoms. The molecule has 1 aliphatic heterocycles. The van der Waals surface area contributed by atoms with Gasteiger partial charge in [-0.05, 0) is 36.3 Å². The van der Waals surface area contributed by atoms with Crippen molar-refractivity contribution in [2.45, 2.75) is 6.42 Å². The Hall–Kier alpha value is -2.14. The van der Waals surface area contributed by atoms with Gasteiger partial charge in [0.25, 0.3) is 0 Å². The van der Waals surface area contributed by atoms with Crippen molar-refractivity contribution < 1.29 is 0 Å². The molecule has 0 spiro atoms. The van der Waals surface area contributed by atoms with Gasteiger partial charge in [0.05, 0.1) is 11.0 Å². The van der Waals surface area contributed by atoms with Crippen molar-refractivity contribution in [1.29, 1.82) is 0 Å². The van der Waals surface area contributed by atoms with E-state index in [1.807, 2.05) is 24.5 Å². The van der Waals surface area contributed by atoms with E-state index in [0.29, 0.717) is 6.54 Å². The summed E-state index contributed by atoms with van der Waals surface area (Å²) >= 11 is 5.37. The molecule has 21 heavy (non-hydrogen) atoms. The first-order chi connectivity index (χ1) is 10.3. The first kappa shape index (κ1) is 13.8. The van der Waals surface area contributed by atoms with Crippen LogP contribution in [-0.2, 0) is 0 Å². The molecule has 0 fully saturated rings. The maximum Gasteiger partial charge on any atom is 0.169 e. The van der Waals surface area contributed by atoms with Crippen LogP contribution in [0.25, 0.3) is 16.6 Å². The summed E-state index contributed by atoms with van der Waals surface area (Å²) in [4.78, 5) is 9.93. The van der Waals surface area contributed by atoms with Gasteiger partial charge in [-0.25, -0.2) is 0 Å². The van der Waals surface area contributed by atoms with E-state index >= 15 is 0 Å². The third-order valence-electron chi connectivity index (χ3n) is 3.67. The van der Waals surface area contributed by atoms with Gasteiger partial charge in [0.1, 0.15) is 0 Å². The first-order valence-corrected chi connectivity index (χ1v) is 7.45. The predicted octanol–water partition coefficient (Wildman–Crippen LogP) is 2.71. The Bertz CT molecular complexity index is 701. The molecule has 3 heterocycles. The summed E-state index contributed by atoms with van der Waals surface area (Å²) in [7, 11) is 0. The second kappa shape index (κ2) is 6.10. The molecule has 2 aromatic rings.